The molecule has 0 fully saturated rings. The van der Waals surface area contributed by atoms with Gasteiger partial charge in [0.05, 0.1) is 0 Å². The van der Waals surface area contributed by atoms with Gasteiger partial charge in [0.1, 0.15) is 0 Å². The van der Waals surface area contributed by atoms with Gasteiger partial charge in [0.2, 0.25) is 0 Å². The molecule has 0 bridgehead atoms. The van der Waals surface area contributed by atoms with E-state index < -0.39 is 20.8 Å². The second-order valence-corrected chi connectivity index (χ2v) is 9.05. The summed E-state index contributed by atoms with van der Waals surface area (Å²) in [6.07, 6.45) is 7.93. The van der Waals surface area contributed by atoms with Gasteiger partial charge in [0.25, 0.3) is 0 Å². The van der Waals surface area contributed by atoms with Crippen molar-refractivity contribution in [2.45, 2.75) is 38.5 Å². The fraction of sp³-hybridized carbons (Fsp3) is 0.300. The first kappa shape index (κ1) is 22.9. The minimum absolute atomic E-state index is 0. The average Bonchev–Trinajstić information content (AvgIpc) is 3.17. The van der Waals surface area contributed by atoms with Crippen molar-refractivity contribution in [2.75, 3.05) is 0 Å². The van der Waals surface area contributed by atoms with E-state index in [0.717, 1.165) is 0 Å². The molecule has 0 aliphatic heterocycles. The number of aryl methyl sites for hydroxylation is 4. The van der Waals surface area contributed by atoms with E-state index in [4.69, 9.17) is 17.0 Å². The monoisotopic (exact) mass is 426 g/mol. The third-order valence-electron chi connectivity index (χ3n) is 4.02. The minimum atomic E-state index is -0.826. The maximum absolute atomic E-state index is 4.93. The predicted octanol–water partition coefficient (Wildman–Crippen LogP) is 6.63. The van der Waals surface area contributed by atoms with E-state index in [1.54, 1.807) is 22.3 Å². The zero-order valence-corrected chi connectivity index (χ0v) is 18.1. The minimum Gasteiger partial charge on any atom is -0.0620 e. The van der Waals surface area contributed by atoms with Crippen LogP contribution in [-0.4, -0.2) is 0 Å². The van der Waals surface area contributed by atoms with E-state index in [1.807, 2.05) is 0 Å². The van der Waals surface area contributed by atoms with Gasteiger partial charge in [-0.25, -0.2) is 0 Å². The van der Waals surface area contributed by atoms with Crippen molar-refractivity contribution in [3.05, 3.63) is 85.6 Å². The molecule has 3 heteroatoms. The summed E-state index contributed by atoms with van der Waals surface area (Å²) < 4.78 is 0. The van der Waals surface area contributed by atoms with E-state index >= 15 is 0 Å². The van der Waals surface area contributed by atoms with Crippen LogP contribution in [0.2, 0.25) is 0 Å². The molecule has 0 atom stereocenters. The predicted molar refractivity (Wildman–Crippen MR) is 101 cm³/mol. The molecule has 2 aromatic carbocycles. The Balaban J connectivity index is 0.000000336. The molecular formula is C20H26Cl2Zr. The van der Waals surface area contributed by atoms with E-state index in [0.29, 0.717) is 0 Å². The zero-order valence-electron chi connectivity index (χ0n) is 14.1. The van der Waals surface area contributed by atoms with Gasteiger partial charge >= 0.3 is 37.9 Å². The molecule has 2 aromatic rings. The van der Waals surface area contributed by atoms with Crippen LogP contribution >= 0.6 is 17.0 Å². The molecule has 4 rings (SSSR count). The van der Waals surface area contributed by atoms with Gasteiger partial charge in [0, 0.05) is 0 Å². The van der Waals surface area contributed by atoms with E-state index in [9.17, 15) is 0 Å². The SMILES string of the molecule is [CH3-].[CH3-].[Cl][Zr+2][Cl].c1ccc2c(c1)CCC2.c1ccc2c(c1)CCC2. The maximum Gasteiger partial charge on any atom is -0.0273 e. The number of benzene rings is 2. The Morgan fingerprint density at radius 2 is 0.783 bits per heavy atom. The molecule has 23 heavy (non-hydrogen) atoms. The first-order valence-electron chi connectivity index (χ1n) is 7.45. The Bertz CT molecular complexity index is 459. The van der Waals surface area contributed by atoms with Crippen molar-refractivity contribution in [3.8, 4) is 0 Å². The van der Waals surface area contributed by atoms with Crippen LogP contribution in [0.3, 0.4) is 0 Å². The molecule has 2 aliphatic rings. The van der Waals surface area contributed by atoms with Gasteiger partial charge in [-0.2, -0.15) is 0 Å². The summed E-state index contributed by atoms with van der Waals surface area (Å²) in [7, 11) is 9.87. The van der Waals surface area contributed by atoms with Crippen molar-refractivity contribution in [2.24, 2.45) is 0 Å². The fourth-order valence-electron chi connectivity index (χ4n) is 3.03. The molecule has 0 spiro atoms. The van der Waals surface area contributed by atoms with Gasteiger partial charge in [-0.05, 0) is 60.8 Å². The Hall–Kier alpha value is -0.0969. The van der Waals surface area contributed by atoms with Gasteiger partial charge in [-0.1, -0.05) is 48.5 Å². The second-order valence-electron chi connectivity index (χ2n) is 5.32. The van der Waals surface area contributed by atoms with Crippen LogP contribution < -0.4 is 0 Å². The van der Waals surface area contributed by atoms with Gasteiger partial charge < -0.3 is 14.9 Å². The van der Waals surface area contributed by atoms with Crippen LogP contribution in [0.5, 0.6) is 0 Å². The summed E-state index contributed by atoms with van der Waals surface area (Å²) >= 11 is -0.826. The molecule has 0 aromatic heterocycles. The van der Waals surface area contributed by atoms with E-state index in [2.05, 4.69) is 48.5 Å². The van der Waals surface area contributed by atoms with Crippen LogP contribution in [-0.2, 0) is 46.5 Å². The fourth-order valence-corrected chi connectivity index (χ4v) is 3.03. The maximum atomic E-state index is 4.93. The molecule has 0 amide bonds. The van der Waals surface area contributed by atoms with Crippen LogP contribution in [0.25, 0.3) is 0 Å². The first-order valence-corrected chi connectivity index (χ1v) is 13.8. The zero-order chi connectivity index (χ0) is 14.9. The molecule has 0 heterocycles. The summed E-state index contributed by atoms with van der Waals surface area (Å²) in [6, 6.07) is 17.5. The number of fused-ring (bicyclic) bond motifs is 2. The first-order chi connectivity index (χ1) is 10.3. The number of rotatable bonds is 0. The van der Waals surface area contributed by atoms with Crippen molar-refractivity contribution < 1.29 is 20.8 Å². The average molecular weight is 429 g/mol. The van der Waals surface area contributed by atoms with Crippen LogP contribution in [0, 0.1) is 14.9 Å². The van der Waals surface area contributed by atoms with Crippen LogP contribution in [0.15, 0.2) is 48.5 Å². The normalized spacial score (nSPS) is 12.6. The van der Waals surface area contributed by atoms with E-state index in [-0.39, 0.29) is 14.9 Å². The van der Waals surface area contributed by atoms with Gasteiger partial charge in [0.15, 0.2) is 0 Å². The number of hydrogen-bond acceptors (Lipinski definition) is 0. The standard InChI is InChI=1S/2C9H10.2CH3.2ClH.Zr/c2*1-2-5-9-7-3-6-8(9)4-1;;;;;/h2*1-2,4-5H,3,6-7H2;2*1H3;2*1H;/q;;2*-1;;;+4/p-2. The summed E-state index contributed by atoms with van der Waals surface area (Å²) in [5.74, 6) is 0. The third kappa shape index (κ3) is 7.55. The van der Waals surface area contributed by atoms with Crippen molar-refractivity contribution in [1.29, 1.82) is 0 Å². The van der Waals surface area contributed by atoms with Crippen molar-refractivity contribution in [1.82, 2.24) is 0 Å². The summed E-state index contributed by atoms with van der Waals surface area (Å²) in [6.45, 7) is 0. The molecular weight excluding hydrogens is 402 g/mol. The quantitative estimate of drug-likeness (QED) is 0.413. The molecule has 0 saturated heterocycles. The summed E-state index contributed by atoms with van der Waals surface area (Å²) in [5.41, 5.74) is 6.27. The molecule has 0 nitrogen and oxygen atoms in total. The van der Waals surface area contributed by atoms with Crippen LogP contribution in [0.4, 0.5) is 0 Å². The Labute approximate surface area is 161 Å². The molecule has 124 valence electrons. The molecule has 0 unspecified atom stereocenters. The van der Waals surface area contributed by atoms with Crippen molar-refractivity contribution >= 4 is 17.0 Å². The van der Waals surface area contributed by atoms with Gasteiger partial charge in [-0.15, -0.1) is 0 Å². The smallest absolute Gasteiger partial charge is 0.0273 e. The van der Waals surface area contributed by atoms with Gasteiger partial charge in [-0.3, -0.25) is 0 Å². The number of hydrogen-bond donors (Lipinski definition) is 0. The summed E-state index contributed by atoms with van der Waals surface area (Å²) in [5, 5.41) is 0. The molecule has 0 N–H and O–H groups in total. The van der Waals surface area contributed by atoms with E-state index in [1.165, 1.54) is 38.5 Å². The Morgan fingerprint density at radius 3 is 1.00 bits per heavy atom. The largest absolute Gasteiger partial charge is 0.0620 e. The summed E-state index contributed by atoms with van der Waals surface area (Å²) in [4.78, 5) is 0. The molecule has 0 radical (unpaired) electrons. The topological polar surface area (TPSA) is 0 Å². The third-order valence-corrected chi connectivity index (χ3v) is 4.02. The molecule has 2 aliphatic carbocycles. The van der Waals surface area contributed by atoms with Crippen molar-refractivity contribution in [3.63, 3.8) is 0 Å². The number of halogens is 2. The van der Waals surface area contributed by atoms with Crippen LogP contribution in [0.1, 0.15) is 35.1 Å². The Morgan fingerprint density at radius 1 is 0.565 bits per heavy atom. The molecule has 0 saturated carbocycles. The second kappa shape index (κ2) is 13.2. The Kier molecular flexibility index (Phi) is 13.2.